The molecule has 4 aromatic rings. The van der Waals surface area contributed by atoms with Crippen LogP contribution in [0, 0.1) is 5.82 Å². The van der Waals surface area contributed by atoms with Crippen LogP contribution < -0.4 is 5.43 Å². The number of hydrogen-bond acceptors (Lipinski definition) is 6. The second kappa shape index (κ2) is 7.16. The van der Waals surface area contributed by atoms with Gasteiger partial charge in [0.1, 0.15) is 5.82 Å². The number of aromatic nitrogens is 4. The molecule has 2 heterocycles. The molecule has 0 aliphatic carbocycles. The molecule has 0 N–H and O–H groups in total. The van der Waals surface area contributed by atoms with E-state index < -0.39 is 5.82 Å². The van der Waals surface area contributed by atoms with Crippen LogP contribution in [0.25, 0.3) is 28.7 Å². The van der Waals surface area contributed by atoms with E-state index in [4.69, 9.17) is 4.52 Å². The Balaban J connectivity index is 1.72. The Labute approximate surface area is 157 Å². The highest BCUT2D eigenvalue weighted by Gasteiger charge is 2.16. The third-order valence-electron chi connectivity index (χ3n) is 3.86. The first kappa shape index (κ1) is 17.2. The predicted molar refractivity (Wildman–Crippen MR) is 100 cm³/mol. The van der Waals surface area contributed by atoms with Gasteiger partial charge in [-0.2, -0.15) is 10.1 Å². The lowest BCUT2D eigenvalue weighted by molar-refractivity contribution is 0.429. The van der Waals surface area contributed by atoms with E-state index in [0.717, 1.165) is 10.5 Å². The van der Waals surface area contributed by atoms with E-state index in [2.05, 4.69) is 15.2 Å². The highest BCUT2D eigenvalue weighted by molar-refractivity contribution is 7.98. The fourth-order valence-electron chi connectivity index (χ4n) is 2.50. The van der Waals surface area contributed by atoms with Gasteiger partial charge in [-0.3, -0.25) is 4.79 Å². The van der Waals surface area contributed by atoms with E-state index in [1.807, 2.05) is 30.5 Å². The summed E-state index contributed by atoms with van der Waals surface area (Å²) in [6.45, 7) is 0. The largest absolute Gasteiger partial charge is 0.332 e. The minimum atomic E-state index is -0.400. The molecule has 2 aromatic carbocycles. The molecule has 0 unspecified atom stereocenters. The first-order valence-corrected chi connectivity index (χ1v) is 9.21. The zero-order chi connectivity index (χ0) is 18.8. The monoisotopic (exact) mass is 380 g/mol. The first-order chi connectivity index (χ1) is 13.1. The molecule has 6 nitrogen and oxygen atoms in total. The van der Waals surface area contributed by atoms with E-state index in [0.29, 0.717) is 11.5 Å². The number of rotatable bonds is 4. The predicted octanol–water partition coefficient (Wildman–Crippen LogP) is 3.81. The van der Waals surface area contributed by atoms with Crippen LogP contribution in [-0.2, 0) is 0 Å². The van der Waals surface area contributed by atoms with Gasteiger partial charge in [-0.1, -0.05) is 11.2 Å². The maximum absolute atomic E-state index is 13.5. The molecule has 4 rings (SSSR count). The normalized spacial score (nSPS) is 10.9. The molecular formula is C19H13FN4O2S. The quantitative estimate of drug-likeness (QED) is 0.501. The van der Waals surface area contributed by atoms with Crippen LogP contribution in [0.1, 0.15) is 0 Å². The van der Waals surface area contributed by atoms with Crippen molar-refractivity contribution in [3.05, 3.63) is 76.8 Å². The molecule has 0 saturated carbocycles. The summed E-state index contributed by atoms with van der Waals surface area (Å²) in [7, 11) is 0. The van der Waals surface area contributed by atoms with Crippen LogP contribution in [0.15, 0.2) is 75.0 Å². The zero-order valence-electron chi connectivity index (χ0n) is 14.2. The zero-order valence-corrected chi connectivity index (χ0v) is 15.0. The molecule has 0 fully saturated rings. The van der Waals surface area contributed by atoms with Gasteiger partial charge in [-0.25, -0.2) is 9.07 Å². The molecule has 2 aromatic heterocycles. The number of halogens is 1. The van der Waals surface area contributed by atoms with Crippen LogP contribution >= 0.6 is 11.8 Å². The average Bonchev–Trinajstić information content (AvgIpc) is 3.18. The summed E-state index contributed by atoms with van der Waals surface area (Å²) in [5.41, 5.74) is 0.879. The van der Waals surface area contributed by atoms with E-state index in [9.17, 15) is 9.18 Å². The highest BCUT2D eigenvalue weighted by atomic mass is 32.2. The Hall–Kier alpha value is -3.26. The second-order valence-corrected chi connectivity index (χ2v) is 6.48. The van der Waals surface area contributed by atoms with Gasteiger partial charge in [0.05, 0.1) is 5.69 Å². The third kappa shape index (κ3) is 3.52. The van der Waals surface area contributed by atoms with Gasteiger partial charge in [0.15, 0.2) is 5.69 Å². The van der Waals surface area contributed by atoms with Crippen LogP contribution in [0.5, 0.6) is 0 Å². The summed E-state index contributed by atoms with van der Waals surface area (Å²) in [4.78, 5) is 17.6. The fraction of sp³-hybridized carbons (Fsp3) is 0.0526. The Kier molecular flexibility index (Phi) is 4.55. The second-order valence-electron chi connectivity index (χ2n) is 5.60. The summed E-state index contributed by atoms with van der Waals surface area (Å²) in [5.74, 6) is -0.0296. The molecule has 0 amide bonds. The lowest BCUT2D eigenvalue weighted by atomic mass is 10.2. The Morgan fingerprint density at radius 1 is 1.11 bits per heavy atom. The fourth-order valence-corrected chi connectivity index (χ4v) is 2.90. The van der Waals surface area contributed by atoms with Crippen molar-refractivity contribution in [2.75, 3.05) is 6.26 Å². The van der Waals surface area contributed by atoms with Gasteiger partial charge in [0.2, 0.25) is 11.3 Å². The molecule has 0 aliphatic rings. The van der Waals surface area contributed by atoms with Gasteiger partial charge in [-0.05, 0) is 48.7 Å². The highest BCUT2D eigenvalue weighted by Crippen LogP contribution is 2.22. The molecule has 134 valence electrons. The van der Waals surface area contributed by atoms with E-state index in [-0.39, 0.29) is 17.0 Å². The van der Waals surface area contributed by atoms with Crippen LogP contribution in [-0.4, -0.2) is 26.2 Å². The molecule has 0 saturated heterocycles. The molecule has 0 aliphatic heterocycles. The molecule has 27 heavy (non-hydrogen) atoms. The van der Waals surface area contributed by atoms with Crippen LogP contribution in [0.2, 0.25) is 0 Å². The molecule has 0 atom stereocenters. The summed E-state index contributed by atoms with van der Waals surface area (Å²) < 4.78 is 20.1. The summed E-state index contributed by atoms with van der Waals surface area (Å²) >= 11 is 1.63. The number of nitrogens with zero attached hydrogens (tertiary/aromatic N) is 4. The molecule has 0 bridgehead atoms. The minimum Gasteiger partial charge on any atom is -0.332 e. The van der Waals surface area contributed by atoms with E-state index in [1.165, 1.54) is 29.1 Å². The van der Waals surface area contributed by atoms with Crippen LogP contribution in [0.4, 0.5) is 4.39 Å². The standard InChI is InChI=1S/C19H13FN4O2S/c1-27-15-7-5-12(6-8-15)18-21-19(26-23-18)17-16(25)9-10-24(22-17)14-4-2-3-13(20)11-14/h2-11H,1H3. The summed E-state index contributed by atoms with van der Waals surface area (Å²) in [6, 6.07) is 14.9. The molecule has 0 radical (unpaired) electrons. The number of thioether (sulfide) groups is 1. The van der Waals surface area contributed by atoms with Crippen molar-refractivity contribution in [3.8, 4) is 28.7 Å². The van der Waals surface area contributed by atoms with Crippen molar-refractivity contribution in [2.24, 2.45) is 0 Å². The topological polar surface area (TPSA) is 73.8 Å². The minimum absolute atomic E-state index is 0.00115. The lowest BCUT2D eigenvalue weighted by Crippen LogP contribution is -2.12. The molecule has 0 spiro atoms. The van der Waals surface area contributed by atoms with Gasteiger partial charge in [-0.15, -0.1) is 11.8 Å². The third-order valence-corrected chi connectivity index (χ3v) is 4.60. The lowest BCUT2D eigenvalue weighted by Gasteiger charge is -2.05. The average molecular weight is 380 g/mol. The van der Waals surface area contributed by atoms with Crippen molar-refractivity contribution in [2.45, 2.75) is 4.90 Å². The van der Waals surface area contributed by atoms with Gasteiger partial charge in [0.25, 0.3) is 5.89 Å². The molecular weight excluding hydrogens is 367 g/mol. The van der Waals surface area contributed by atoms with Gasteiger partial charge < -0.3 is 4.52 Å². The maximum atomic E-state index is 13.5. The Bertz CT molecular complexity index is 1150. The Morgan fingerprint density at radius 3 is 2.67 bits per heavy atom. The first-order valence-electron chi connectivity index (χ1n) is 7.98. The number of hydrogen-bond donors (Lipinski definition) is 0. The van der Waals surface area contributed by atoms with Crippen molar-refractivity contribution < 1.29 is 8.91 Å². The molecule has 8 heteroatoms. The van der Waals surface area contributed by atoms with Gasteiger partial charge in [0, 0.05) is 22.7 Å². The summed E-state index contributed by atoms with van der Waals surface area (Å²) in [5, 5.41) is 8.16. The van der Waals surface area contributed by atoms with Crippen molar-refractivity contribution in [1.29, 1.82) is 0 Å². The smallest absolute Gasteiger partial charge is 0.282 e. The Morgan fingerprint density at radius 2 is 1.93 bits per heavy atom. The van der Waals surface area contributed by atoms with Gasteiger partial charge >= 0.3 is 0 Å². The van der Waals surface area contributed by atoms with Crippen molar-refractivity contribution in [3.63, 3.8) is 0 Å². The van der Waals surface area contributed by atoms with Crippen LogP contribution in [0.3, 0.4) is 0 Å². The van der Waals surface area contributed by atoms with E-state index >= 15 is 0 Å². The summed E-state index contributed by atoms with van der Waals surface area (Å²) in [6.07, 6.45) is 3.45. The maximum Gasteiger partial charge on any atom is 0.282 e. The van der Waals surface area contributed by atoms with E-state index in [1.54, 1.807) is 23.9 Å². The van der Waals surface area contributed by atoms with Crippen molar-refractivity contribution >= 4 is 11.8 Å². The van der Waals surface area contributed by atoms with Crippen molar-refractivity contribution in [1.82, 2.24) is 19.9 Å². The SMILES string of the molecule is CSc1ccc(-c2noc(-c3nn(-c4cccc(F)c4)ccc3=O)n2)cc1. The number of benzene rings is 2.